The number of amides is 1. The highest BCUT2D eigenvalue weighted by molar-refractivity contribution is 5.81. The normalized spacial score (nSPS) is 11.7. The standard InChI is InChI=1S/C23H25N3O5/c1-16(2)21-25-20(31-26-21)15-29-22(27)19(13-17-9-5-3-6-10-17)24-23(28)30-14-18-11-7-4-8-12-18/h3-12,16,19H,13-15H2,1-2H3,(H,24,28)/t19-/m0/s1. The third-order valence-corrected chi connectivity index (χ3v) is 4.41. The van der Waals surface area contributed by atoms with E-state index in [0.29, 0.717) is 5.82 Å². The van der Waals surface area contributed by atoms with E-state index in [-0.39, 0.29) is 31.4 Å². The number of esters is 1. The van der Waals surface area contributed by atoms with E-state index in [0.717, 1.165) is 11.1 Å². The summed E-state index contributed by atoms with van der Waals surface area (Å²) in [5.74, 6) is 0.210. The van der Waals surface area contributed by atoms with Crippen molar-refractivity contribution in [1.82, 2.24) is 15.5 Å². The van der Waals surface area contributed by atoms with Crippen LogP contribution in [0.15, 0.2) is 65.2 Å². The molecule has 1 aromatic heterocycles. The van der Waals surface area contributed by atoms with Gasteiger partial charge in [-0.25, -0.2) is 9.59 Å². The van der Waals surface area contributed by atoms with Gasteiger partial charge in [-0.3, -0.25) is 0 Å². The van der Waals surface area contributed by atoms with Gasteiger partial charge in [0.2, 0.25) is 0 Å². The van der Waals surface area contributed by atoms with Gasteiger partial charge in [-0.05, 0) is 11.1 Å². The Hall–Kier alpha value is -3.68. The Morgan fingerprint density at radius 3 is 2.19 bits per heavy atom. The number of nitrogens with one attached hydrogen (secondary N) is 1. The number of rotatable bonds is 9. The van der Waals surface area contributed by atoms with E-state index in [1.807, 2.05) is 74.5 Å². The van der Waals surface area contributed by atoms with Crippen molar-refractivity contribution in [2.45, 2.75) is 45.4 Å². The van der Waals surface area contributed by atoms with Crippen molar-refractivity contribution in [3.05, 3.63) is 83.5 Å². The highest BCUT2D eigenvalue weighted by atomic mass is 16.6. The average molecular weight is 423 g/mol. The van der Waals surface area contributed by atoms with Gasteiger partial charge in [-0.2, -0.15) is 4.98 Å². The third-order valence-electron chi connectivity index (χ3n) is 4.41. The summed E-state index contributed by atoms with van der Waals surface area (Å²) in [7, 11) is 0. The molecule has 0 aliphatic carbocycles. The molecule has 1 amide bonds. The second-order valence-corrected chi connectivity index (χ2v) is 7.26. The molecule has 0 unspecified atom stereocenters. The van der Waals surface area contributed by atoms with Crippen molar-refractivity contribution in [3.8, 4) is 0 Å². The number of carbonyl (C=O) groups excluding carboxylic acids is 2. The van der Waals surface area contributed by atoms with E-state index in [1.165, 1.54) is 0 Å². The molecule has 8 heteroatoms. The summed E-state index contributed by atoms with van der Waals surface area (Å²) >= 11 is 0. The largest absolute Gasteiger partial charge is 0.454 e. The first-order chi connectivity index (χ1) is 15.0. The topological polar surface area (TPSA) is 104 Å². The SMILES string of the molecule is CC(C)c1noc(COC(=O)[C@H](Cc2ccccc2)NC(=O)OCc2ccccc2)n1. The van der Waals surface area contributed by atoms with Crippen LogP contribution in [0.5, 0.6) is 0 Å². The predicted molar refractivity (Wildman–Crippen MR) is 112 cm³/mol. The van der Waals surface area contributed by atoms with Gasteiger partial charge in [0.25, 0.3) is 5.89 Å². The van der Waals surface area contributed by atoms with E-state index in [4.69, 9.17) is 14.0 Å². The molecule has 0 radical (unpaired) electrons. The minimum atomic E-state index is -0.932. The van der Waals surface area contributed by atoms with Crippen LogP contribution in [0.1, 0.15) is 42.6 Å². The Morgan fingerprint density at radius 1 is 0.935 bits per heavy atom. The molecule has 31 heavy (non-hydrogen) atoms. The number of aromatic nitrogens is 2. The number of nitrogens with zero attached hydrogens (tertiary/aromatic N) is 2. The Kier molecular flexibility index (Phi) is 7.75. The van der Waals surface area contributed by atoms with Gasteiger partial charge in [0.1, 0.15) is 12.6 Å². The molecule has 0 spiro atoms. The molecule has 1 heterocycles. The van der Waals surface area contributed by atoms with Crippen molar-refractivity contribution in [1.29, 1.82) is 0 Å². The molecule has 0 bridgehead atoms. The molecule has 1 N–H and O–H groups in total. The summed E-state index contributed by atoms with van der Waals surface area (Å²) in [5.41, 5.74) is 1.71. The third kappa shape index (κ3) is 6.95. The Morgan fingerprint density at radius 2 is 1.58 bits per heavy atom. The lowest BCUT2D eigenvalue weighted by Crippen LogP contribution is -2.43. The number of hydrogen-bond donors (Lipinski definition) is 1. The van der Waals surface area contributed by atoms with E-state index >= 15 is 0 Å². The van der Waals surface area contributed by atoms with E-state index in [1.54, 1.807) is 0 Å². The van der Waals surface area contributed by atoms with Crippen molar-refractivity contribution in [3.63, 3.8) is 0 Å². The second-order valence-electron chi connectivity index (χ2n) is 7.26. The molecular formula is C23H25N3O5. The molecule has 1 atom stereocenters. The van der Waals surface area contributed by atoms with Crippen LogP contribution >= 0.6 is 0 Å². The summed E-state index contributed by atoms with van der Waals surface area (Å²) in [6.07, 6.45) is -0.456. The number of carbonyl (C=O) groups is 2. The molecular weight excluding hydrogens is 398 g/mol. The monoisotopic (exact) mass is 423 g/mol. The molecule has 3 aromatic rings. The van der Waals surface area contributed by atoms with Gasteiger partial charge in [0.05, 0.1) is 0 Å². The zero-order valence-electron chi connectivity index (χ0n) is 17.5. The van der Waals surface area contributed by atoms with Gasteiger partial charge < -0.3 is 19.3 Å². The van der Waals surface area contributed by atoms with Crippen LogP contribution in [-0.4, -0.2) is 28.2 Å². The molecule has 8 nitrogen and oxygen atoms in total. The van der Waals surface area contributed by atoms with Gasteiger partial charge in [-0.15, -0.1) is 0 Å². The maximum absolute atomic E-state index is 12.7. The minimum absolute atomic E-state index is 0.0970. The Labute approximate surface area is 180 Å². The average Bonchev–Trinajstić information content (AvgIpc) is 3.26. The van der Waals surface area contributed by atoms with Crippen LogP contribution in [0.3, 0.4) is 0 Å². The molecule has 2 aromatic carbocycles. The van der Waals surface area contributed by atoms with Crippen LogP contribution in [0.4, 0.5) is 4.79 Å². The summed E-state index contributed by atoms with van der Waals surface area (Å²) in [4.78, 5) is 29.2. The van der Waals surface area contributed by atoms with Crippen LogP contribution in [0.2, 0.25) is 0 Å². The fourth-order valence-electron chi connectivity index (χ4n) is 2.74. The summed E-state index contributed by atoms with van der Waals surface area (Å²) in [6, 6.07) is 17.7. The minimum Gasteiger partial charge on any atom is -0.454 e. The van der Waals surface area contributed by atoms with Gasteiger partial charge in [0, 0.05) is 12.3 Å². The fourth-order valence-corrected chi connectivity index (χ4v) is 2.74. The lowest BCUT2D eigenvalue weighted by atomic mass is 10.1. The lowest BCUT2D eigenvalue weighted by molar-refractivity contribution is -0.148. The van der Waals surface area contributed by atoms with Crippen LogP contribution in [0.25, 0.3) is 0 Å². The van der Waals surface area contributed by atoms with E-state index in [9.17, 15) is 9.59 Å². The molecule has 3 rings (SSSR count). The van der Waals surface area contributed by atoms with Crippen LogP contribution in [-0.2, 0) is 33.9 Å². The molecule has 0 aliphatic rings. The van der Waals surface area contributed by atoms with Crippen LogP contribution in [0, 0.1) is 0 Å². The molecule has 0 saturated carbocycles. The van der Waals surface area contributed by atoms with Crippen molar-refractivity contribution in [2.75, 3.05) is 0 Å². The fraction of sp³-hybridized carbons (Fsp3) is 0.304. The molecule has 0 saturated heterocycles. The molecule has 162 valence electrons. The van der Waals surface area contributed by atoms with Crippen molar-refractivity contribution >= 4 is 12.1 Å². The van der Waals surface area contributed by atoms with Crippen molar-refractivity contribution < 1.29 is 23.6 Å². The molecule has 0 aliphatic heterocycles. The maximum atomic E-state index is 12.7. The first-order valence-electron chi connectivity index (χ1n) is 10.0. The lowest BCUT2D eigenvalue weighted by Gasteiger charge is -2.17. The molecule has 0 fully saturated rings. The van der Waals surface area contributed by atoms with Crippen molar-refractivity contribution in [2.24, 2.45) is 0 Å². The summed E-state index contributed by atoms with van der Waals surface area (Å²) < 4.78 is 15.6. The summed E-state index contributed by atoms with van der Waals surface area (Å²) in [6.45, 7) is 3.79. The summed E-state index contributed by atoms with van der Waals surface area (Å²) in [5, 5.41) is 6.43. The first-order valence-corrected chi connectivity index (χ1v) is 10.0. The van der Waals surface area contributed by atoms with Gasteiger partial charge in [-0.1, -0.05) is 79.7 Å². The zero-order chi connectivity index (χ0) is 22.1. The first kappa shape index (κ1) is 22.0. The van der Waals surface area contributed by atoms with E-state index < -0.39 is 18.1 Å². The Balaban J connectivity index is 1.60. The number of alkyl carbamates (subject to hydrolysis) is 1. The number of benzene rings is 2. The highest BCUT2D eigenvalue weighted by Crippen LogP contribution is 2.11. The van der Waals surface area contributed by atoms with E-state index in [2.05, 4.69) is 15.5 Å². The number of ether oxygens (including phenoxy) is 2. The zero-order valence-corrected chi connectivity index (χ0v) is 17.5. The smallest absolute Gasteiger partial charge is 0.408 e. The Bertz CT molecular complexity index is 973. The highest BCUT2D eigenvalue weighted by Gasteiger charge is 2.24. The number of hydrogen-bond acceptors (Lipinski definition) is 7. The maximum Gasteiger partial charge on any atom is 0.408 e. The predicted octanol–water partition coefficient (Wildman–Crippen LogP) is 3.77. The van der Waals surface area contributed by atoms with Gasteiger partial charge >= 0.3 is 12.1 Å². The van der Waals surface area contributed by atoms with Gasteiger partial charge in [0.15, 0.2) is 12.4 Å². The second kappa shape index (κ2) is 10.9. The quantitative estimate of drug-likeness (QED) is 0.523. The van der Waals surface area contributed by atoms with Crippen LogP contribution < -0.4 is 5.32 Å².